The highest BCUT2D eigenvalue weighted by Gasteiger charge is 2.63. The summed E-state index contributed by atoms with van der Waals surface area (Å²) < 4.78 is 5.37. The molecule has 0 spiro atoms. The number of rotatable bonds is 1. The fraction of sp³-hybridized carbons (Fsp3) is 0.455. The Labute approximate surface area is 169 Å². The topological polar surface area (TPSA) is 84.0 Å². The normalized spacial score (nSPS) is 29.0. The molecule has 2 heterocycles. The number of carbonyl (C=O) groups excluding carboxylic acids is 4. The zero-order valence-electron chi connectivity index (χ0n) is 17.0. The highest BCUT2D eigenvalue weighted by molar-refractivity contribution is 6.23. The van der Waals surface area contributed by atoms with Gasteiger partial charge in [-0.2, -0.15) is 0 Å². The maximum Gasteiger partial charge on any atom is 0.417 e. The predicted octanol–water partition coefficient (Wildman–Crippen LogP) is 2.91. The first-order valence-electron chi connectivity index (χ1n) is 9.73. The van der Waals surface area contributed by atoms with E-state index in [1.165, 1.54) is 4.90 Å². The summed E-state index contributed by atoms with van der Waals surface area (Å²) in [4.78, 5) is 54.2. The molecule has 3 atom stereocenters. The molecule has 0 bridgehead atoms. The van der Waals surface area contributed by atoms with Crippen LogP contribution in [-0.2, 0) is 19.1 Å². The van der Waals surface area contributed by atoms with Crippen LogP contribution < -0.4 is 4.90 Å². The molecule has 3 aliphatic rings. The Morgan fingerprint density at radius 3 is 2.38 bits per heavy atom. The number of allylic oxidation sites excluding steroid dienone is 1. The lowest BCUT2D eigenvalue weighted by Crippen LogP contribution is -2.43. The summed E-state index contributed by atoms with van der Waals surface area (Å²) in [5, 5.41) is 0. The maximum atomic E-state index is 13.3. The first-order chi connectivity index (χ1) is 13.5. The van der Waals surface area contributed by atoms with E-state index in [4.69, 9.17) is 4.74 Å². The van der Waals surface area contributed by atoms with Crippen LogP contribution in [0.3, 0.4) is 0 Å². The van der Waals surface area contributed by atoms with Gasteiger partial charge >= 0.3 is 6.09 Å². The van der Waals surface area contributed by atoms with E-state index >= 15 is 0 Å². The third-order valence-electron chi connectivity index (χ3n) is 5.89. The Kier molecular flexibility index (Phi) is 4.19. The van der Waals surface area contributed by atoms with Gasteiger partial charge in [-0.05, 0) is 39.3 Å². The minimum absolute atomic E-state index is 0.0232. The van der Waals surface area contributed by atoms with Gasteiger partial charge in [0.05, 0.1) is 17.5 Å². The summed E-state index contributed by atoms with van der Waals surface area (Å²) in [6.07, 6.45) is 1.29. The van der Waals surface area contributed by atoms with Crippen molar-refractivity contribution in [1.29, 1.82) is 0 Å². The predicted molar refractivity (Wildman–Crippen MR) is 105 cm³/mol. The molecule has 29 heavy (non-hydrogen) atoms. The number of benzene rings is 1. The standard InChI is InChI=1S/C22H24N2O5/c1-21(2,3)29-20(28)23-12-22(4)15(18(23)26)11-10-14-16(22)19(27)24(17(14)25)13-8-6-5-7-9-13/h5-9,11,14,16H,10,12H2,1-4H3/t14-,16+,22+/m1/s1. The van der Waals surface area contributed by atoms with Crippen LogP contribution in [0.4, 0.5) is 10.5 Å². The van der Waals surface area contributed by atoms with Crippen molar-refractivity contribution in [1.82, 2.24) is 4.90 Å². The Balaban J connectivity index is 1.68. The van der Waals surface area contributed by atoms with Crippen molar-refractivity contribution in [2.75, 3.05) is 11.4 Å². The summed E-state index contributed by atoms with van der Waals surface area (Å²) in [7, 11) is 0. The lowest BCUT2D eigenvalue weighted by Gasteiger charge is -2.35. The average Bonchev–Trinajstić information content (AvgIpc) is 3.06. The first kappa shape index (κ1) is 19.4. The molecule has 0 aromatic heterocycles. The van der Waals surface area contributed by atoms with Gasteiger partial charge in [0.25, 0.3) is 5.91 Å². The van der Waals surface area contributed by atoms with Crippen LogP contribution in [-0.4, -0.2) is 40.9 Å². The molecule has 152 valence electrons. The third kappa shape index (κ3) is 2.87. The molecule has 0 N–H and O–H groups in total. The van der Waals surface area contributed by atoms with E-state index in [-0.39, 0.29) is 18.4 Å². The van der Waals surface area contributed by atoms with Crippen molar-refractivity contribution in [3.8, 4) is 0 Å². The molecule has 0 saturated carbocycles. The summed E-state index contributed by atoms with van der Waals surface area (Å²) >= 11 is 0. The van der Waals surface area contributed by atoms with Crippen LogP contribution in [0.1, 0.15) is 34.1 Å². The Bertz CT molecular complexity index is 946. The van der Waals surface area contributed by atoms with Crippen LogP contribution in [0.25, 0.3) is 0 Å². The number of amides is 4. The van der Waals surface area contributed by atoms with E-state index in [1.807, 2.05) is 6.07 Å². The van der Waals surface area contributed by atoms with Gasteiger partial charge in [0.2, 0.25) is 11.8 Å². The van der Waals surface area contributed by atoms with E-state index < -0.39 is 34.9 Å². The molecule has 4 amide bonds. The Morgan fingerprint density at radius 1 is 1.10 bits per heavy atom. The lowest BCUT2D eigenvalue weighted by molar-refractivity contribution is -0.125. The van der Waals surface area contributed by atoms with Gasteiger partial charge in [0, 0.05) is 17.5 Å². The van der Waals surface area contributed by atoms with Gasteiger partial charge in [-0.1, -0.05) is 31.2 Å². The van der Waals surface area contributed by atoms with Gasteiger partial charge in [0.15, 0.2) is 0 Å². The molecular weight excluding hydrogens is 372 g/mol. The fourth-order valence-corrected chi connectivity index (χ4v) is 4.68. The van der Waals surface area contributed by atoms with Crippen molar-refractivity contribution >= 4 is 29.5 Å². The smallest absolute Gasteiger partial charge is 0.417 e. The monoisotopic (exact) mass is 396 g/mol. The van der Waals surface area contributed by atoms with Crippen molar-refractivity contribution in [2.45, 2.75) is 39.7 Å². The van der Waals surface area contributed by atoms with Crippen molar-refractivity contribution in [3.63, 3.8) is 0 Å². The number of likely N-dealkylation sites (tertiary alicyclic amines) is 1. The van der Waals surface area contributed by atoms with Gasteiger partial charge in [0.1, 0.15) is 5.60 Å². The molecule has 2 aliphatic heterocycles. The summed E-state index contributed by atoms with van der Waals surface area (Å²) in [6, 6.07) is 8.79. The number of hydrogen-bond acceptors (Lipinski definition) is 5. The minimum atomic E-state index is -0.923. The van der Waals surface area contributed by atoms with Gasteiger partial charge < -0.3 is 4.74 Å². The maximum absolute atomic E-state index is 13.3. The largest absolute Gasteiger partial charge is 0.443 e. The molecule has 0 unspecified atom stereocenters. The van der Waals surface area contributed by atoms with Crippen LogP contribution in [0.15, 0.2) is 42.0 Å². The van der Waals surface area contributed by atoms with Crippen LogP contribution >= 0.6 is 0 Å². The SMILES string of the molecule is CC(C)(C)OC(=O)N1C[C@@]2(C)C(=CC[C@H]3C(=O)N(c4ccccc4)C(=O)[C@H]32)C1=O. The molecule has 2 saturated heterocycles. The number of fused-ring (bicyclic) bond motifs is 3. The van der Waals surface area contributed by atoms with E-state index in [2.05, 4.69) is 0 Å². The van der Waals surface area contributed by atoms with Crippen molar-refractivity contribution in [3.05, 3.63) is 42.0 Å². The highest BCUT2D eigenvalue weighted by atomic mass is 16.6. The van der Waals surface area contributed by atoms with Crippen molar-refractivity contribution < 1.29 is 23.9 Å². The van der Waals surface area contributed by atoms with Gasteiger partial charge in [-0.15, -0.1) is 0 Å². The number of para-hydroxylation sites is 1. The molecule has 1 aromatic rings. The zero-order valence-corrected chi connectivity index (χ0v) is 17.0. The quantitative estimate of drug-likeness (QED) is 0.682. The molecule has 0 radical (unpaired) electrons. The Hall–Kier alpha value is -2.96. The van der Waals surface area contributed by atoms with Crippen molar-refractivity contribution in [2.24, 2.45) is 17.3 Å². The molecular formula is C22H24N2O5. The number of hydrogen-bond donors (Lipinski definition) is 0. The first-order valence-corrected chi connectivity index (χ1v) is 9.73. The molecule has 2 fully saturated rings. The second-order valence-electron chi connectivity index (χ2n) is 9.07. The summed E-state index contributed by atoms with van der Waals surface area (Å²) in [5.74, 6) is -2.25. The van der Waals surface area contributed by atoms with E-state index in [0.717, 1.165) is 4.90 Å². The van der Waals surface area contributed by atoms with Crippen LogP contribution in [0.5, 0.6) is 0 Å². The molecule has 1 aliphatic carbocycles. The zero-order chi connectivity index (χ0) is 21.1. The summed E-state index contributed by atoms with van der Waals surface area (Å²) in [5.41, 5.74) is -0.727. The number of carbonyl (C=O) groups is 4. The van der Waals surface area contributed by atoms with Gasteiger partial charge in [-0.3, -0.25) is 19.3 Å². The third-order valence-corrected chi connectivity index (χ3v) is 5.89. The van der Waals surface area contributed by atoms with E-state index in [1.54, 1.807) is 58.0 Å². The van der Waals surface area contributed by atoms with Crippen LogP contribution in [0, 0.1) is 17.3 Å². The fourth-order valence-electron chi connectivity index (χ4n) is 4.68. The lowest BCUT2D eigenvalue weighted by atomic mass is 9.64. The molecule has 1 aromatic carbocycles. The number of imide groups is 2. The van der Waals surface area contributed by atoms with E-state index in [0.29, 0.717) is 17.7 Å². The number of anilines is 1. The molecule has 4 rings (SSSR count). The highest BCUT2D eigenvalue weighted by Crippen LogP contribution is 2.54. The van der Waals surface area contributed by atoms with Crippen LogP contribution in [0.2, 0.25) is 0 Å². The Morgan fingerprint density at radius 2 is 1.76 bits per heavy atom. The second kappa shape index (κ2) is 6.27. The van der Waals surface area contributed by atoms with Gasteiger partial charge in [-0.25, -0.2) is 9.69 Å². The minimum Gasteiger partial charge on any atom is -0.443 e. The number of nitrogens with zero attached hydrogens (tertiary/aromatic N) is 2. The summed E-state index contributed by atoms with van der Waals surface area (Å²) in [6.45, 7) is 7.00. The number of ether oxygens (including phenoxy) is 1. The molecule has 7 nitrogen and oxygen atoms in total. The molecule has 7 heteroatoms. The second-order valence-corrected chi connectivity index (χ2v) is 9.07. The van der Waals surface area contributed by atoms with E-state index in [9.17, 15) is 19.2 Å². The average molecular weight is 396 g/mol.